The van der Waals surface area contributed by atoms with Gasteiger partial charge in [-0.25, -0.2) is 4.39 Å². The van der Waals surface area contributed by atoms with Gasteiger partial charge in [-0.1, -0.05) is 19.1 Å². The monoisotopic (exact) mass is 224 g/mol. The second-order valence-electron chi connectivity index (χ2n) is 3.81. The smallest absolute Gasteiger partial charge is 0.234 e. The summed E-state index contributed by atoms with van der Waals surface area (Å²) in [5, 5.41) is 3.07. The van der Waals surface area contributed by atoms with Crippen LogP contribution in [0.5, 0.6) is 0 Å². The van der Waals surface area contributed by atoms with E-state index in [0.717, 1.165) is 12.0 Å². The fourth-order valence-corrected chi connectivity index (χ4v) is 1.56. The molecule has 0 aliphatic heterocycles. The molecule has 1 amide bonds. The van der Waals surface area contributed by atoms with Crippen LogP contribution >= 0.6 is 0 Å². The number of halogens is 1. The van der Waals surface area contributed by atoms with Crippen molar-refractivity contribution in [2.24, 2.45) is 5.73 Å². The molecule has 3 N–H and O–H groups in total. The number of benzene rings is 1. The molecule has 4 heteroatoms. The Labute approximate surface area is 94.8 Å². The number of hydrogen-bond acceptors (Lipinski definition) is 2. The molecule has 1 aromatic rings. The third kappa shape index (κ3) is 3.31. The molecule has 88 valence electrons. The van der Waals surface area contributed by atoms with E-state index >= 15 is 0 Å². The lowest BCUT2D eigenvalue weighted by Gasteiger charge is -2.20. The van der Waals surface area contributed by atoms with Crippen LogP contribution in [0.3, 0.4) is 0 Å². The molecular weight excluding hydrogens is 207 g/mol. The predicted octanol–water partition coefficient (Wildman–Crippen LogP) is 1.74. The van der Waals surface area contributed by atoms with Gasteiger partial charge >= 0.3 is 0 Å². The van der Waals surface area contributed by atoms with E-state index in [4.69, 9.17) is 5.73 Å². The van der Waals surface area contributed by atoms with Crippen LogP contribution in [0.1, 0.15) is 31.9 Å². The highest BCUT2D eigenvalue weighted by molar-refractivity contribution is 5.79. The van der Waals surface area contributed by atoms with Crippen molar-refractivity contribution < 1.29 is 9.18 Å². The molecule has 0 aliphatic carbocycles. The molecule has 1 aromatic carbocycles. The summed E-state index contributed by atoms with van der Waals surface area (Å²) < 4.78 is 13.0. The molecule has 1 rings (SSSR count). The van der Waals surface area contributed by atoms with Crippen LogP contribution in [0.2, 0.25) is 0 Å². The quantitative estimate of drug-likeness (QED) is 0.800. The second kappa shape index (κ2) is 5.61. The first kappa shape index (κ1) is 12.6. The normalized spacial score (nSPS) is 14.4. The molecule has 0 saturated carbocycles. The van der Waals surface area contributed by atoms with Crippen LogP contribution in [-0.2, 0) is 4.79 Å². The molecule has 0 aliphatic rings. The molecule has 16 heavy (non-hydrogen) atoms. The van der Waals surface area contributed by atoms with Gasteiger partial charge in [0.15, 0.2) is 0 Å². The lowest BCUT2D eigenvalue weighted by molar-refractivity contribution is -0.119. The van der Waals surface area contributed by atoms with E-state index in [1.165, 1.54) is 12.1 Å². The lowest BCUT2D eigenvalue weighted by atomic mass is 10.0. The highest BCUT2D eigenvalue weighted by Crippen LogP contribution is 2.17. The van der Waals surface area contributed by atoms with Gasteiger partial charge in [0.25, 0.3) is 0 Å². The van der Waals surface area contributed by atoms with Crippen molar-refractivity contribution in [3.63, 3.8) is 0 Å². The Morgan fingerprint density at radius 2 is 2.25 bits per heavy atom. The zero-order valence-corrected chi connectivity index (χ0v) is 9.53. The van der Waals surface area contributed by atoms with Crippen LogP contribution in [0, 0.1) is 5.82 Å². The maximum Gasteiger partial charge on any atom is 0.234 e. The van der Waals surface area contributed by atoms with E-state index in [-0.39, 0.29) is 11.9 Å². The van der Waals surface area contributed by atoms with Crippen LogP contribution in [0.25, 0.3) is 0 Å². The number of amides is 1. The van der Waals surface area contributed by atoms with Gasteiger partial charge in [0.1, 0.15) is 5.82 Å². The molecule has 0 bridgehead atoms. The molecule has 0 aromatic heterocycles. The standard InChI is InChI=1S/C12H17FN2O/c1-3-11(15-8(2)12(14)16)9-5-4-6-10(13)7-9/h4-8,11,15H,3H2,1-2H3,(H2,14,16). The van der Waals surface area contributed by atoms with Crippen LogP contribution in [0.4, 0.5) is 4.39 Å². The maximum atomic E-state index is 13.0. The van der Waals surface area contributed by atoms with E-state index in [2.05, 4.69) is 5.32 Å². The first-order valence-electron chi connectivity index (χ1n) is 5.35. The minimum Gasteiger partial charge on any atom is -0.368 e. The Morgan fingerprint density at radius 3 is 2.75 bits per heavy atom. The molecule has 0 fully saturated rings. The van der Waals surface area contributed by atoms with Crippen molar-refractivity contribution in [1.29, 1.82) is 0 Å². The van der Waals surface area contributed by atoms with Gasteiger partial charge in [-0.2, -0.15) is 0 Å². The van der Waals surface area contributed by atoms with E-state index < -0.39 is 11.9 Å². The molecule has 0 radical (unpaired) electrons. The van der Waals surface area contributed by atoms with Crippen molar-refractivity contribution in [1.82, 2.24) is 5.32 Å². The summed E-state index contributed by atoms with van der Waals surface area (Å²) in [5.41, 5.74) is 6.00. The molecule has 0 heterocycles. The number of rotatable bonds is 5. The number of primary amides is 1. The average Bonchev–Trinajstić information content (AvgIpc) is 2.25. The molecule has 2 atom stereocenters. The molecule has 0 spiro atoms. The van der Waals surface area contributed by atoms with Crippen molar-refractivity contribution in [3.8, 4) is 0 Å². The SMILES string of the molecule is CCC(NC(C)C(N)=O)c1cccc(F)c1. The third-order valence-corrected chi connectivity index (χ3v) is 2.54. The second-order valence-corrected chi connectivity index (χ2v) is 3.81. The van der Waals surface area contributed by atoms with Crippen LogP contribution in [-0.4, -0.2) is 11.9 Å². The number of carbonyl (C=O) groups excluding carboxylic acids is 1. The van der Waals surface area contributed by atoms with E-state index in [9.17, 15) is 9.18 Å². The van der Waals surface area contributed by atoms with Gasteiger partial charge < -0.3 is 5.73 Å². The van der Waals surface area contributed by atoms with Gasteiger partial charge in [0.05, 0.1) is 6.04 Å². The topological polar surface area (TPSA) is 55.1 Å². The Bertz CT molecular complexity index is 368. The summed E-state index contributed by atoms with van der Waals surface area (Å²) in [6.45, 7) is 3.67. The zero-order valence-electron chi connectivity index (χ0n) is 9.53. The van der Waals surface area contributed by atoms with Gasteiger partial charge in [-0.05, 0) is 31.0 Å². The molecule has 2 unspecified atom stereocenters. The Kier molecular flexibility index (Phi) is 4.43. The molecule has 0 saturated heterocycles. The molecular formula is C12H17FN2O. The lowest BCUT2D eigenvalue weighted by Crippen LogP contribution is -2.40. The summed E-state index contributed by atoms with van der Waals surface area (Å²) >= 11 is 0. The number of nitrogens with two attached hydrogens (primary N) is 1. The summed E-state index contributed by atoms with van der Waals surface area (Å²) in [7, 11) is 0. The Morgan fingerprint density at radius 1 is 1.56 bits per heavy atom. The maximum absolute atomic E-state index is 13.0. The van der Waals surface area contributed by atoms with Crippen molar-refractivity contribution in [2.45, 2.75) is 32.4 Å². The first-order chi connectivity index (χ1) is 7.54. The van der Waals surface area contributed by atoms with E-state index in [1.54, 1.807) is 13.0 Å². The Hall–Kier alpha value is -1.42. The third-order valence-electron chi connectivity index (χ3n) is 2.54. The Balaban J connectivity index is 2.78. The highest BCUT2D eigenvalue weighted by atomic mass is 19.1. The van der Waals surface area contributed by atoms with Crippen LogP contribution in [0.15, 0.2) is 24.3 Å². The van der Waals surface area contributed by atoms with E-state index in [1.807, 2.05) is 13.0 Å². The zero-order chi connectivity index (χ0) is 12.1. The average molecular weight is 224 g/mol. The van der Waals surface area contributed by atoms with Gasteiger partial charge in [-0.3, -0.25) is 10.1 Å². The highest BCUT2D eigenvalue weighted by Gasteiger charge is 2.15. The predicted molar refractivity (Wildman–Crippen MR) is 61.2 cm³/mol. The summed E-state index contributed by atoms with van der Waals surface area (Å²) in [4.78, 5) is 10.9. The summed E-state index contributed by atoms with van der Waals surface area (Å²) in [6.07, 6.45) is 0.765. The number of nitrogens with one attached hydrogen (secondary N) is 1. The number of hydrogen-bond donors (Lipinski definition) is 2. The van der Waals surface area contributed by atoms with Crippen molar-refractivity contribution >= 4 is 5.91 Å². The summed E-state index contributed by atoms with van der Waals surface area (Å²) in [6, 6.07) is 5.87. The fourth-order valence-electron chi connectivity index (χ4n) is 1.56. The van der Waals surface area contributed by atoms with Crippen molar-refractivity contribution in [3.05, 3.63) is 35.6 Å². The summed E-state index contributed by atoms with van der Waals surface area (Å²) in [5.74, 6) is -0.681. The van der Waals surface area contributed by atoms with Crippen LogP contribution < -0.4 is 11.1 Å². The minimum absolute atomic E-state index is 0.0572. The number of carbonyl (C=O) groups is 1. The fraction of sp³-hybridized carbons (Fsp3) is 0.417. The van der Waals surface area contributed by atoms with Gasteiger partial charge in [0, 0.05) is 6.04 Å². The first-order valence-corrected chi connectivity index (χ1v) is 5.35. The minimum atomic E-state index is -0.423. The largest absolute Gasteiger partial charge is 0.368 e. The van der Waals surface area contributed by atoms with Gasteiger partial charge in [0.2, 0.25) is 5.91 Å². The molecule has 3 nitrogen and oxygen atoms in total. The van der Waals surface area contributed by atoms with Crippen molar-refractivity contribution in [2.75, 3.05) is 0 Å². The van der Waals surface area contributed by atoms with Gasteiger partial charge in [-0.15, -0.1) is 0 Å². The van der Waals surface area contributed by atoms with E-state index in [0.29, 0.717) is 0 Å².